The van der Waals surface area contributed by atoms with Crippen molar-refractivity contribution in [1.82, 2.24) is 9.29 Å². The number of aromatic nitrogens is 1. The maximum absolute atomic E-state index is 13.1. The SMILES string of the molecule is Cc1cc(C)c(S(=O)(=O)N2CCN(c3ccc(C#N)cn3)CC2)c(C)c1. The van der Waals surface area contributed by atoms with Gasteiger partial charge in [0.1, 0.15) is 11.9 Å². The molecule has 0 unspecified atom stereocenters. The lowest BCUT2D eigenvalue weighted by molar-refractivity contribution is 0.383. The summed E-state index contributed by atoms with van der Waals surface area (Å²) < 4.78 is 27.8. The van der Waals surface area contributed by atoms with Gasteiger partial charge in [-0.1, -0.05) is 17.7 Å². The van der Waals surface area contributed by atoms with Crippen molar-refractivity contribution >= 4 is 15.8 Å². The van der Waals surface area contributed by atoms with Crippen molar-refractivity contribution in [2.24, 2.45) is 0 Å². The summed E-state index contributed by atoms with van der Waals surface area (Å²) in [7, 11) is -3.51. The molecule has 0 aliphatic carbocycles. The molecule has 136 valence electrons. The van der Waals surface area contributed by atoms with Crippen LogP contribution in [-0.2, 0) is 10.0 Å². The molecule has 7 heteroatoms. The third-order valence-corrected chi connectivity index (χ3v) is 6.85. The van der Waals surface area contributed by atoms with E-state index in [0.29, 0.717) is 36.6 Å². The minimum absolute atomic E-state index is 0.413. The molecule has 1 saturated heterocycles. The zero-order valence-corrected chi connectivity index (χ0v) is 16.0. The van der Waals surface area contributed by atoms with Gasteiger partial charge < -0.3 is 4.90 Å². The number of rotatable bonds is 3. The zero-order valence-electron chi connectivity index (χ0n) is 15.2. The van der Waals surface area contributed by atoms with Crippen molar-refractivity contribution < 1.29 is 8.42 Å². The van der Waals surface area contributed by atoms with Crippen LogP contribution in [0, 0.1) is 32.1 Å². The number of piperazine rings is 1. The Morgan fingerprint density at radius 1 is 1.04 bits per heavy atom. The molecule has 0 saturated carbocycles. The third-order valence-electron chi connectivity index (χ3n) is 4.64. The van der Waals surface area contributed by atoms with E-state index in [4.69, 9.17) is 5.26 Å². The molecule has 1 aliphatic heterocycles. The van der Waals surface area contributed by atoms with Crippen molar-refractivity contribution in [1.29, 1.82) is 5.26 Å². The highest BCUT2D eigenvalue weighted by atomic mass is 32.2. The highest BCUT2D eigenvalue weighted by Crippen LogP contribution is 2.26. The fraction of sp³-hybridized carbons (Fsp3) is 0.368. The predicted molar refractivity (Wildman–Crippen MR) is 101 cm³/mol. The Labute approximate surface area is 154 Å². The number of aryl methyl sites for hydroxylation is 3. The van der Waals surface area contributed by atoms with Gasteiger partial charge in [0.05, 0.1) is 10.5 Å². The van der Waals surface area contributed by atoms with Crippen molar-refractivity contribution in [3.8, 4) is 6.07 Å². The molecule has 3 rings (SSSR count). The maximum Gasteiger partial charge on any atom is 0.243 e. The molecule has 26 heavy (non-hydrogen) atoms. The number of benzene rings is 1. The number of nitrogens with zero attached hydrogens (tertiary/aromatic N) is 4. The van der Waals surface area contributed by atoms with E-state index in [2.05, 4.69) is 4.98 Å². The summed E-state index contributed by atoms with van der Waals surface area (Å²) >= 11 is 0. The first-order chi connectivity index (χ1) is 12.3. The fourth-order valence-corrected chi connectivity index (χ4v) is 5.33. The number of hydrogen-bond donors (Lipinski definition) is 0. The summed E-state index contributed by atoms with van der Waals surface area (Å²) in [5.74, 6) is 0.767. The smallest absolute Gasteiger partial charge is 0.243 e. The van der Waals surface area contributed by atoms with E-state index in [1.54, 1.807) is 16.4 Å². The predicted octanol–water partition coefficient (Wildman–Crippen LogP) is 2.39. The summed E-state index contributed by atoms with van der Waals surface area (Å²) in [6.45, 7) is 7.64. The first kappa shape index (κ1) is 18.4. The van der Waals surface area contributed by atoms with Crippen molar-refractivity contribution in [2.45, 2.75) is 25.7 Å². The fourth-order valence-electron chi connectivity index (χ4n) is 3.50. The largest absolute Gasteiger partial charge is 0.354 e. The van der Waals surface area contributed by atoms with Gasteiger partial charge in [-0.15, -0.1) is 0 Å². The molecule has 2 aromatic rings. The van der Waals surface area contributed by atoms with Crippen LogP contribution in [-0.4, -0.2) is 43.9 Å². The molecule has 0 amide bonds. The summed E-state index contributed by atoms with van der Waals surface area (Å²) in [4.78, 5) is 6.76. The summed E-state index contributed by atoms with van der Waals surface area (Å²) in [6.07, 6.45) is 1.54. The van der Waals surface area contributed by atoms with Gasteiger partial charge in [0.2, 0.25) is 10.0 Å². The molecule has 6 nitrogen and oxygen atoms in total. The molecule has 2 heterocycles. The van der Waals surface area contributed by atoms with Crippen LogP contribution in [0.25, 0.3) is 0 Å². The van der Waals surface area contributed by atoms with Gasteiger partial charge in [0, 0.05) is 32.4 Å². The average Bonchev–Trinajstić information content (AvgIpc) is 2.61. The molecule has 0 atom stereocenters. The van der Waals surface area contributed by atoms with Crippen molar-refractivity contribution in [3.05, 3.63) is 52.7 Å². The van der Waals surface area contributed by atoms with Crippen LogP contribution in [0.4, 0.5) is 5.82 Å². The van der Waals surface area contributed by atoms with Crippen LogP contribution in [0.2, 0.25) is 0 Å². The van der Waals surface area contributed by atoms with Gasteiger partial charge >= 0.3 is 0 Å². The zero-order chi connectivity index (χ0) is 18.9. The Bertz CT molecular complexity index is 931. The summed E-state index contributed by atoms with van der Waals surface area (Å²) in [5.41, 5.74) is 3.16. The van der Waals surface area contributed by atoms with Crippen LogP contribution in [0.15, 0.2) is 35.4 Å². The third kappa shape index (κ3) is 3.43. The van der Waals surface area contributed by atoms with Gasteiger partial charge in [-0.05, 0) is 44.0 Å². The summed E-state index contributed by atoms with van der Waals surface area (Å²) in [5, 5.41) is 8.86. The van der Waals surface area contributed by atoms with Crippen LogP contribution >= 0.6 is 0 Å². The first-order valence-corrected chi connectivity index (χ1v) is 9.96. The second kappa shape index (κ2) is 7.06. The van der Waals surface area contributed by atoms with Crippen LogP contribution in [0.3, 0.4) is 0 Å². The molecule has 0 radical (unpaired) electrons. The second-order valence-electron chi connectivity index (χ2n) is 6.64. The van der Waals surface area contributed by atoms with Gasteiger partial charge in [0.15, 0.2) is 0 Å². The van der Waals surface area contributed by atoms with E-state index >= 15 is 0 Å². The highest BCUT2D eigenvalue weighted by Gasteiger charge is 2.31. The number of hydrogen-bond acceptors (Lipinski definition) is 5. The lowest BCUT2D eigenvalue weighted by Crippen LogP contribution is -2.49. The number of pyridine rings is 1. The van der Waals surface area contributed by atoms with E-state index in [1.807, 2.05) is 43.9 Å². The van der Waals surface area contributed by atoms with Gasteiger partial charge in [-0.25, -0.2) is 13.4 Å². The van der Waals surface area contributed by atoms with E-state index in [1.165, 1.54) is 6.20 Å². The lowest BCUT2D eigenvalue weighted by atomic mass is 10.1. The number of sulfonamides is 1. The van der Waals surface area contributed by atoms with Gasteiger partial charge in [-0.3, -0.25) is 0 Å². The molecule has 1 fully saturated rings. The first-order valence-electron chi connectivity index (χ1n) is 8.52. The van der Waals surface area contributed by atoms with Crippen LogP contribution in [0.1, 0.15) is 22.3 Å². The Kier molecular flexibility index (Phi) is 4.99. The van der Waals surface area contributed by atoms with E-state index in [-0.39, 0.29) is 0 Å². The van der Waals surface area contributed by atoms with Crippen LogP contribution in [0.5, 0.6) is 0 Å². The maximum atomic E-state index is 13.1. The Hall–Kier alpha value is -2.43. The average molecular weight is 370 g/mol. The topological polar surface area (TPSA) is 77.3 Å². The number of nitriles is 1. The van der Waals surface area contributed by atoms with E-state index in [0.717, 1.165) is 22.5 Å². The monoisotopic (exact) mass is 370 g/mol. The molecular weight excluding hydrogens is 348 g/mol. The van der Waals surface area contributed by atoms with Crippen molar-refractivity contribution in [2.75, 3.05) is 31.1 Å². The Morgan fingerprint density at radius 2 is 1.65 bits per heavy atom. The minimum atomic E-state index is -3.51. The molecule has 1 aliphatic rings. The van der Waals surface area contributed by atoms with Gasteiger partial charge in [0.25, 0.3) is 0 Å². The minimum Gasteiger partial charge on any atom is -0.354 e. The molecular formula is C19H22N4O2S. The Balaban J connectivity index is 1.78. The normalized spacial score (nSPS) is 15.7. The van der Waals surface area contributed by atoms with Gasteiger partial charge in [-0.2, -0.15) is 9.57 Å². The second-order valence-corrected chi connectivity index (χ2v) is 8.51. The molecule has 0 spiro atoms. The van der Waals surface area contributed by atoms with Crippen LogP contribution < -0.4 is 4.90 Å². The number of anilines is 1. The molecule has 1 aromatic heterocycles. The Morgan fingerprint density at radius 3 is 2.15 bits per heavy atom. The molecule has 0 bridgehead atoms. The summed E-state index contributed by atoms with van der Waals surface area (Å²) in [6, 6.07) is 9.40. The van der Waals surface area contributed by atoms with E-state index in [9.17, 15) is 8.42 Å². The quantitative estimate of drug-likeness (QED) is 0.829. The molecule has 1 aromatic carbocycles. The van der Waals surface area contributed by atoms with Crippen molar-refractivity contribution in [3.63, 3.8) is 0 Å². The highest BCUT2D eigenvalue weighted by molar-refractivity contribution is 7.89. The van der Waals surface area contributed by atoms with E-state index < -0.39 is 10.0 Å². The standard InChI is InChI=1S/C19H22N4O2S/c1-14-10-15(2)19(16(3)11-14)26(24,25)23-8-6-22(7-9-23)18-5-4-17(12-20)13-21-18/h4-5,10-11,13H,6-9H2,1-3H3. The lowest BCUT2D eigenvalue weighted by Gasteiger charge is -2.35. The molecule has 0 N–H and O–H groups in total.